The van der Waals surface area contributed by atoms with Crippen molar-refractivity contribution in [3.63, 3.8) is 0 Å². The lowest BCUT2D eigenvalue weighted by atomic mass is 9.94. The first-order chi connectivity index (χ1) is 13.2. The van der Waals surface area contributed by atoms with Gasteiger partial charge in [0.15, 0.2) is 0 Å². The van der Waals surface area contributed by atoms with Gasteiger partial charge in [0, 0.05) is 50.4 Å². The van der Waals surface area contributed by atoms with Gasteiger partial charge in [-0.05, 0) is 31.0 Å². The van der Waals surface area contributed by atoms with Gasteiger partial charge in [0.05, 0.1) is 5.56 Å². The summed E-state index contributed by atoms with van der Waals surface area (Å²) in [6.07, 6.45) is 1.52. The average Bonchev–Trinajstić information content (AvgIpc) is 2.67. The molecule has 8 heteroatoms. The number of anilines is 1. The SMILES string of the molecule is CC(=O)Nc1cc(C(=O)N2CCN(C3CCCCC3)CC2)cc(C(F)(F)F)c1. The number of hydrogen-bond acceptors (Lipinski definition) is 3. The molecule has 0 atom stereocenters. The highest BCUT2D eigenvalue weighted by Gasteiger charge is 2.33. The van der Waals surface area contributed by atoms with Crippen LogP contribution in [0.3, 0.4) is 0 Å². The van der Waals surface area contributed by atoms with Gasteiger partial charge < -0.3 is 10.2 Å². The quantitative estimate of drug-likeness (QED) is 0.845. The van der Waals surface area contributed by atoms with E-state index >= 15 is 0 Å². The number of nitrogens with one attached hydrogen (secondary N) is 1. The molecule has 2 fully saturated rings. The van der Waals surface area contributed by atoms with Crippen molar-refractivity contribution in [2.24, 2.45) is 0 Å². The second-order valence-corrected chi connectivity index (χ2v) is 7.60. The second kappa shape index (κ2) is 8.51. The highest BCUT2D eigenvalue weighted by Crippen LogP contribution is 2.32. The van der Waals surface area contributed by atoms with E-state index in [4.69, 9.17) is 0 Å². The van der Waals surface area contributed by atoms with Gasteiger partial charge in [-0.1, -0.05) is 19.3 Å². The lowest BCUT2D eigenvalue weighted by Crippen LogP contribution is -2.52. The number of rotatable bonds is 3. The van der Waals surface area contributed by atoms with Gasteiger partial charge in [-0.25, -0.2) is 0 Å². The number of carbonyl (C=O) groups is 2. The molecule has 0 unspecified atom stereocenters. The molecule has 0 bridgehead atoms. The Kier molecular flexibility index (Phi) is 6.27. The van der Waals surface area contributed by atoms with Gasteiger partial charge in [-0.3, -0.25) is 14.5 Å². The van der Waals surface area contributed by atoms with Crippen LogP contribution in [0.15, 0.2) is 18.2 Å². The molecule has 1 aromatic rings. The van der Waals surface area contributed by atoms with E-state index in [1.165, 1.54) is 45.1 Å². The Morgan fingerprint density at radius 3 is 2.21 bits per heavy atom. The van der Waals surface area contributed by atoms with Crippen LogP contribution in [0.1, 0.15) is 54.9 Å². The van der Waals surface area contributed by atoms with Crippen LogP contribution in [0.25, 0.3) is 0 Å². The van der Waals surface area contributed by atoms with Crippen LogP contribution >= 0.6 is 0 Å². The Morgan fingerprint density at radius 2 is 1.64 bits per heavy atom. The zero-order chi connectivity index (χ0) is 20.3. The minimum absolute atomic E-state index is 0.0217. The molecule has 0 spiro atoms. The van der Waals surface area contributed by atoms with Crippen molar-refractivity contribution in [1.82, 2.24) is 9.80 Å². The number of benzene rings is 1. The summed E-state index contributed by atoms with van der Waals surface area (Å²) < 4.78 is 39.6. The molecule has 1 aromatic carbocycles. The highest BCUT2D eigenvalue weighted by atomic mass is 19.4. The molecule has 0 aromatic heterocycles. The normalized spacial score (nSPS) is 19.5. The summed E-state index contributed by atoms with van der Waals surface area (Å²) in [5.74, 6) is -0.917. The minimum atomic E-state index is -4.59. The van der Waals surface area contributed by atoms with Gasteiger partial charge in [0.2, 0.25) is 5.91 Å². The number of carbonyl (C=O) groups excluding carboxylic acids is 2. The molecule has 2 amide bonds. The first kappa shape index (κ1) is 20.6. The van der Waals surface area contributed by atoms with Crippen molar-refractivity contribution >= 4 is 17.5 Å². The number of piperazine rings is 1. The molecule has 1 heterocycles. The van der Waals surface area contributed by atoms with E-state index in [9.17, 15) is 22.8 Å². The summed E-state index contributed by atoms with van der Waals surface area (Å²) in [5, 5.41) is 2.35. The first-order valence-corrected chi connectivity index (χ1v) is 9.77. The van der Waals surface area contributed by atoms with Gasteiger partial charge in [0.1, 0.15) is 0 Å². The number of alkyl halides is 3. The monoisotopic (exact) mass is 397 g/mol. The molecule has 1 saturated carbocycles. The third kappa shape index (κ3) is 5.04. The largest absolute Gasteiger partial charge is 0.416 e. The average molecular weight is 397 g/mol. The van der Waals surface area contributed by atoms with Crippen LogP contribution in [0.4, 0.5) is 18.9 Å². The fraction of sp³-hybridized carbons (Fsp3) is 0.600. The molecule has 1 aliphatic carbocycles. The lowest BCUT2D eigenvalue weighted by molar-refractivity contribution is -0.137. The van der Waals surface area contributed by atoms with E-state index in [1.54, 1.807) is 4.90 Å². The number of halogens is 3. The van der Waals surface area contributed by atoms with E-state index in [1.807, 2.05) is 0 Å². The highest BCUT2D eigenvalue weighted by molar-refractivity contribution is 5.97. The summed E-state index contributed by atoms with van der Waals surface area (Å²) in [4.78, 5) is 28.1. The van der Waals surface area contributed by atoms with Crippen molar-refractivity contribution in [3.8, 4) is 0 Å². The smallest absolute Gasteiger partial charge is 0.336 e. The van der Waals surface area contributed by atoms with Crippen LogP contribution < -0.4 is 5.32 Å². The van der Waals surface area contributed by atoms with Crippen molar-refractivity contribution < 1.29 is 22.8 Å². The molecule has 5 nitrogen and oxygen atoms in total. The summed E-state index contributed by atoms with van der Waals surface area (Å²) in [5.41, 5.74) is -1.01. The molecule has 2 aliphatic rings. The predicted octanol–water partition coefficient (Wildman–Crippen LogP) is 3.75. The Balaban J connectivity index is 1.72. The number of hydrogen-bond donors (Lipinski definition) is 1. The van der Waals surface area contributed by atoms with Crippen LogP contribution in [-0.2, 0) is 11.0 Å². The standard InChI is InChI=1S/C20H26F3N3O2/c1-14(27)24-17-12-15(11-16(13-17)20(21,22)23)19(28)26-9-7-25(8-10-26)18-5-3-2-4-6-18/h11-13,18H,2-10H2,1H3,(H,24,27). The fourth-order valence-corrected chi connectivity index (χ4v) is 4.11. The molecular formula is C20H26F3N3O2. The number of nitrogens with zero attached hydrogens (tertiary/aromatic N) is 2. The van der Waals surface area contributed by atoms with Crippen LogP contribution in [0.5, 0.6) is 0 Å². The van der Waals surface area contributed by atoms with Gasteiger partial charge in [-0.2, -0.15) is 13.2 Å². The third-order valence-electron chi connectivity index (χ3n) is 5.52. The zero-order valence-electron chi connectivity index (χ0n) is 16.0. The maximum atomic E-state index is 13.2. The number of amides is 2. The predicted molar refractivity (Wildman–Crippen MR) is 100 cm³/mol. The minimum Gasteiger partial charge on any atom is -0.336 e. The van der Waals surface area contributed by atoms with Crippen molar-refractivity contribution in [2.75, 3.05) is 31.5 Å². The van der Waals surface area contributed by atoms with Crippen LogP contribution in [0.2, 0.25) is 0 Å². The van der Waals surface area contributed by atoms with Gasteiger partial charge >= 0.3 is 6.18 Å². The summed E-state index contributed by atoms with van der Waals surface area (Å²) >= 11 is 0. The van der Waals surface area contributed by atoms with Gasteiger partial charge in [-0.15, -0.1) is 0 Å². The fourth-order valence-electron chi connectivity index (χ4n) is 4.11. The molecule has 0 radical (unpaired) electrons. The Hall–Kier alpha value is -2.09. The van der Waals surface area contributed by atoms with E-state index in [2.05, 4.69) is 10.2 Å². The molecule has 1 saturated heterocycles. The molecule has 3 rings (SSSR count). The third-order valence-corrected chi connectivity index (χ3v) is 5.52. The molecular weight excluding hydrogens is 371 g/mol. The summed E-state index contributed by atoms with van der Waals surface area (Å²) in [6.45, 7) is 3.70. The Labute approximate surface area is 162 Å². The van der Waals surface area contributed by atoms with E-state index < -0.39 is 23.6 Å². The van der Waals surface area contributed by atoms with Crippen molar-refractivity contribution in [1.29, 1.82) is 0 Å². The molecule has 1 aliphatic heterocycles. The topological polar surface area (TPSA) is 52.7 Å². The van der Waals surface area contributed by atoms with Crippen LogP contribution in [-0.4, -0.2) is 53.8 Å². The zero-order valence-corrected chi connectivity index (χ0v) is 16.0. The van der Waals surface area contributed by atoms with Gasteiger partial charge in [0.25, 0.3) is 5.91 Å². The van der Waals surface area contributed by atoms with Crippen LogP contribution in [0, 0.1) is 0 Å². The lowest BCUT2D eigenvalue weighted by Gasteiger charge is -2.40. The van der Waals surface area contributed by atoms with Crippen molar-refractivity contribution in [2.45, 2.75) is 51.2 Å². The Bertz CT molecular complexity index is 722. The molecule has 28 heavy (non-hydrogen) atoms. The maximum absolute atomic E-state index is 13.2. The second-order valence-electron chi connectivity index (χ2n) is 7.60. The maximum Gasteiger partial charge on any atom is 0.416 e. The first-order valence-electron chi connectivity index (χ1n) is 9.77. The summed E-state index contributed by atoms with van der Waals surface area (Å²) in [7, 11) is 0. The van der Waals surface area contributed by atoms with Crippen molar-refractivity contribution in [3.05, 3.63) is 29.3 Å². The Morgan fingerprint density at radius 1 is 1.00 bits per heavy atom. The van der Waals surface area contributed by atoms with E-state index in [0.717, 1.165) is 25.2 Å². The molecule has 154 valence electrons. The van der Waals surface area contributed by atoms with E-state index in [0.29, 0.717) is 19.1 Å². The molecule has 1 N–H and O–H groups in total. The summed E-state index contributed by atoms with van der Waals surface area (Å²) in [6, 6.07) is 3.58. The van der Waals surface area contributed by atoms with E-state index in [-0.39, 0.29) is 11.3 Å².